The Morgan fingerprint density at radius 1 is 1.24 bits per heavy atom. The van der Waals surface area contributed by atoms with Crippen LogP contribution in [0.2, 0.25) is 0 Å². The minimum Gasteiger partial charge on any atom is -0.388 e. The van der Waals surface area contributed by atoms with E-state index in [0.717, 1.165) is 0 Å². The van der Waals surface area contributed by atoms with Gasteiger partial charge in [0, 0.05) is 28.2 Å². The number of hydrogen-bond donors (Lipinski definition) is 1. The third-order valence-electron chi connectivity index (χ3n) is 4.74. The normalized spacial score (nSPS) is 27.6. The maximum atomic E-state index is 13.1. The maximum absolute atomic E-state index is 13.1. The van der Waals surface area contributed by atoms with E-state index in [0.29, 0.717) is 24.8 Å². The molecule has 3 atom stereocenters. The predicted octanol–water partition coefficient (Wildman–Crippen LogP) is 4.24. The zero-order valence-electron chi connectivity index (χ0n) is 22.0. The number of carbonyl (C=O) groups is 1. The summed E-state index contributed by atoms with van der Waals surface area (Å²) in [4.78, 5) is 14.4. The number of piperidine rings is 1. The van der Waals surface area contributed by atoms with Crippen molar-refractivity contribution in [2.75, 3.05) is 6.98 Å². The van der Waals surface area contributed by atoms with Crippen LogP contribution in [0.5, 0.6) is 0 Å². The molecule has 1 aliphatic rings. The van der Waals surface area contributed by atoms with Gasteiger partial charge in [-0.3, -0.25) is 9.69 Å². The smallest absolute Gasteiger partial charge is 0.164 e. The molecule has 0 radical (unpaired) electrons. The van der Waals surface area contributed by atoms with Crippen LogP contribution in [0.1, 0.15) is 65.1 Å². The van der Waals surface area contributed by atoms with E-state index in [1.54, 1.807) is 24.3 Å². The van der Waals surface area contributed by atoms with E-state index in [4.69, 9.17) is 11.0 Å². The molecule has 0 amide bonds. The van der Waals surface area contributed by atoms with Crippen molar-refractivity contribution in [2.24, 2.45) is 0 Å². The van der Waals surface area contributed by atoms with Crippen LogP contribution in [0.25, 0.3) is 0 Å². The standard InChI is InChI=1S/C22H27NO2/c1-23-19(15-21(24)17-9-4-2-5-10-17)13-8-14-20(23)16-22(25)18-11-6-3-7-12-18/h2-7,9-12,19-21,24H,8,13-16H2,1H3/t19-,20+,21+/m0/s1/i1D3,3D,6D,7D,11D,12D. The van der Waals surface area contributed by atoms with Crippen molar-refractivity contribution in [3.05, 3.63) is 71.7 Å². The summed E-state index contributed by atoms with van der Waals surface area (Å²) in [5.74, 6) is -0.685. The Bertz CT molecular complexity index is 983. The molecule has 25 heavy (non-hydrogen) atoms. The second-order valence-corrected chi connectivity index (χ2v) is 6.44. The minimum absolute atomic E-state index is 0.182. The van der Waals surface area contributed by atoms with Gasteiger partial charge >= 0.3 is 0 Å². The molecule has 0 saturated carbocycles. The fourth-order valence-corrected chi connectivity index (χ4v) is 3.37. The first-order chi connectivity index (χ1) is 15.4. The highest BCUT2D eigenvalue weighted by Gasteiger charge is 2.30. The molecule has 3 nitrogen and oxygen atoms in total. The first-order valence-corrected chi connectivity index (χ1v) is 8.55. The SMILES string of the molecule is [2H]c1c([2H])c([2H])c(C(=O)C[C@H]2CCC[C@@H](C[C@@H](O)c3ccccc3)N2C([2H])([2H])[2H])c([2H])c1[2H]. The second-order valence-electron chi connectivity index (χ2n) is 6.44. The number of carbonyl (C=O) groups excluding carboxylic acids is 1. The summed E-state index contributed by atoms with van der Waals surface area (Å²) in [5.41, 5.74) is 0.262. The first kappa shape index (κ1) is 10.2. The van der Waals surface area contributed by atoms with Gasteiger partial charge in [0.2, 0.25) is 0 Å². The number of rotatable bonds is 6. The van der Waals surface area contributed by atoms with Crippen molar-refractivity contribution in [1.29, 1.82) is 0 Å². The largest absolute Gasteiger partial charge is 0.388 e. The number of aliphatic hydroxyl groups is 1. The molecule has 1 saturated heterocycles. The lowest BCUT2D eigenvalue weighted by molar-refractivity contribution is 0.0549. The molecule has 0 spiro atoms. The number of likely N-dealkylation sites (tertiary alicyclic amines) is 1. The number of nitrogens with zero attached hydrogens (tertiary/aromatic N) is 1. The average Bonchev–Trinajstić information content (AvgIpc) is 2.76. The molecule has 1 heterocycles. The molecule has 2 aromatic carbocycles. The molecule has 2 aromatic rings. The van der Waals surface area contributed by atoms with Crippen LogP contribution < -0.4 is 0 Å². The van der Waals surface area contributed by atoms with Crippen LogP contribution in [0.3, 0.4) is 0 Å². The highest BCUT2D eigenvalue weighted by molar-refractivity contribution is 5.96. The second kappa shape index (κ2) is 8.41. The van der Waals surface area contributed by atoms with Gasteiger partial charge in [0.25, 0.3) is 0 Å². The van der Waals surface area contributed by atoms with Crippen molar-refractivity contribution in [1.82, 2.24) is 4.90 Å². The molecule has 0 unspecified atom stereocenters. The van der Waals surface area contributed by atoms with Crippen LogP contribution in [0, 0.1) is 0 Å². The average molecular weight is 346 g/mol. The number of ketones is 1. The highest BCUT2D eigenvalue weighted by atomic mass is 16.3. The summed E-state index contributed by atoms with van der Waals surface area (Å²) in [6, 6.07) is 4.80. The van der Waals surface area contributed by atoms with Crippen LogP contribution in [0.15, 0.2) is 60.5 Å². The van der Waals surface area contributed by atoms with Crippen LogP contribution in [0.4, 0.5) is 0 Å². The Morgan fingerprint density at radius 2 is 1.96 bits per heavy atom. The van der Waals surface area contributed by atoms with Gasteiger partial charge in [-0.2, -0.15) is 0 Å². The van der Waals surface area contributed by atoms with Gasteiger partial charge < -0.3 is 5.11 Å². The van der Waals surface area contributed by atoms with E-state index < -0.39 is 66.7 Å². The Labute approximate surface area is 161 Å². The molecule has 0 aliphatic carbocycles. The predicted molar refractivity (Wildman–Crippen MR) is 101 cm³/mol. The summed E-state index contributed by atoms with van der Waals surface area (Å²) in [6.07, 6.45) is 0.641. The van der Waals surface area contributed by atoms with E-state index in [2.05, 4.69) is 0 Å². The summed E-state index contributed by atoms with van der Waals surface area (Å²) in [5, 5.41) is 10.7. The Balaban J connectivity index is 1.87. The third kappa shape index (κ3) is 4.56. The molecule has 3 rings (SSSR count). The van der Waals surface area contributed by atoms with Gasteiger partial charge in [-0.05, 0) is 31.8 Å². The van der Waals surface area contributed by atoms with E-state index in [-0.39, 0.29) is 12.8 Å². The monoisotopic (exact) mass is 345 g/mol. The zero-order chi connectivity index (χ0) is 24.5. The lowest BCUT2D eigenvalue weighted by Gasteiger charge is -2.40. The fourth-order valence-electron chi connectivity index (χ4n) is 3.37. The summed E-state index contributed by atoms with van der Waals surface area (Å²) >= 11 is 0. The Hall–Kier alpha value is -1.97. The third-order valence-corrected chi connectivity index (χ3v) is 4.74. The number of hydrogen-bond acceptors (Lipinski definition) is 3. The minimum atomic E-state index is -2.52. The van der Waals surface area contributed by atoms with Gasteiger partial charge in [0.05, 0.1) is 13.0 Å². The summed E-state index contributed by atoms with van der Waals surface area (Å²) in [6.45, 7) is -2.52. The number of aliphatic hydroxyl groups excluding tert-OH is 1. The van der Waals surface area contributed by atoms with Crippen LogP contribution in [-0.2, 0) is 0 Å². The van der Waals surface area contributed by atoms with Gasteiger partial charge in [0.1, 0.15) is 0 Å². The highest BCUT2D eigenvalue weighted by Crippen LogP contribution is 2.30. The van der Waals surface area contributed by atoms with Crippen molar-refractivity contribution >= 4 is 5.78 Å². The van der Waals surface area contributed by atoms with Crippen molar-refractivity contribution in [2.45, 2.75) is 50.3 Å². The van der Waals surface area contributed by atoms with Crippen molar-refractivity contribution in [3.8, 4) is 0 Å². The van der Waals surface area contributed by atoms with E-state index in [1.165, 1.54) is 4.90 Å². The number of benzene rings is 2. The van der Waals surface area contributed by atoms with E-state index in [9.17, 15) is 9.90 Å². The maximum Gasteiger partial charge on any atom is 0.164 e. The summed E-state index contributed by atoms with van der Waals surface area (Å²) < 4.78 is 63.6. The van der Waals surface area contributed by atoms with Gasteiger partial charge in [0.15, 0.2) is 5.78 Å². The molecular weight excluding hydrogens is 310 g/mol. The molecule has 132 valence electrons. The first-order valence-electron chi connectivity index (χ1n) is 12.5. The molecule has 1 N–H and O–H groups in total. The quantitative estimate of drug-likeness (QED) is 0.796. The van der Waals surface area contributed by atoms with Gasteiger partial charge in [-0.1, -0.05) is 67.0 Å². The lowest BCUT2D eigenvalue weighted by atomic mass is 9.88. The summed E-state index contributed by atoms with van der Waals surface area (Å²) in [7, 11) is 0. The van der Waals surface area contributed by atoms with E-state index in [1.807, 2.05) is 6.07 Å². The lowest BCUT2D eigenvalue weighted by Crippen LogP contribution is -2.45. The molecule has 0 bridgehead atoms. The molecule has 1 aliphatic heterocycles. The van der Waals surface area contributed by atoms with Crippen LogP contribution >= 0.6 is 0 Å². The van der Waals surface area contributed by atoms with Crippen LogP contribution in [-0.4, -0.2) is 34.8 Å². The number of Topliss-reactive ketones (excluding diaryl/α,β-unsaturated/α-hetero) is 1. The Morgan fingerprint density at radius 3 is 2.68 bits per heavy atom. The van der Waals surface area contributed by atoms with Gasteiger partial charge in [-0.25, -0.2) is 0 Å². The van der Waals surface area contributed by atoms with Crippen molar-refractivity contribution < 1.29 is 20.9 Å². The zero-order valence-corrected chi connectivity index (χ0v) is 14.0. The van der Waals surface area contributed by atoms with Crippen molar-refractivity contribution in [3.63, 3.8) is 0 Å². The van der Waals surface area contributed by atoms with Gasteiger partial charge in [-0.15, -0.1) is 0 Å². The molecular formula is C22H27NO2. The Kier molecular flexibility index (Phi) is 3.45. The van der Waals surface area contributed by atoms with E-state index >= 15 is 0 Å². The molecule has 1 fully saturated rings. The molecule has 3 heteroatoms. The fraction of sp³-hybridized carbons (Fsp3) is 0.409. The topological polar surface area (TPSA) is 40.5 Å². The molecule has 0 aromatic heterocycles.